The van der Waals surface area contributed by atoms with Gasteiger partial charge in [0.25, 0.3) is 5.56 Å². The second-order valence-electron chi connectivity index (χ2n) is 7.56. The Bertz CT molecular complexity index is 1450. The highest BCUT2D eigenvalue weighted by atomic mass is 19.4. The third kappa shape index (κ3) is 4.69. The van der Waals surface area contributed by atoms with E-state index in [0.29, 0.717) is 12.1 Å². The summed E-state index contributed by atoms with van der Waals surface area (Å²) < 4.78 is 88.6. The van der Waals surface area contributed by atoms with Crippen molar-refractivity contribution in [3.63, 3.8) is 0 Å². The molecule has 0 spiro atoms. The maximum absolute atomic E-state index is 14.5. The second-order valence-corrected chi connectivity index (χ2v) is 7.56. The molecule has 0 aliphatic rings. The molecule has 2 unspecified atom stereocenters. The highest BCUT2D eigenvalue weighted by Gasteiger charge is 2.35. The summed E-state index contributed by atoms with van der Waals surface area (Å²) in [6.45, 7) is 1.23. The summed E-state index contributed by atoms with van der Waals surface area (Å²) >= 11 is 0. The second kappa shape index (κ2) is 9.02. The largest absolute Gasteiger partial charge is 0.438 e. The molecule has 0 amide bonds. The van der Waals surface area contributed by atoms with Crippen molar-refractivity contribution in [2.45, 2.75) is 25.2 Å². The van der Waals surface area contributed by atoms with Crippen LogP contribution in [0.25, 0.3) is 10.9 Å². The van der Waals surface area contributed by atoms with Crippen molar-refractivity contribution in [2.75, 3.05) is 0 Å². The summed E-state index contributed by atoms with van der Waals surface area (Å²) in [4.78, 5) is 19.7. The molecule has 0 saturated heterocycles. The van der Waals surface area contributed by atoms with Gasteiger partial charge in [-0.05, 0) is 37.3 Å². The van der Waals surface area contributed by atoms with Gasteiger partial charge in [-0.1, -0.05) is 0 Å². The van der Waals surface area contributed by atoms with Crippen LogP contribution in [0.2, 0.25) is 0 Å². The van der Waals surface area contributed by atoms with Crippen LogP contribution in [0.5, 0.6) is 11.6 Å². The van der Waals surface area contributed by atoms with Crippen LogP contribution in [0.4, 0.5) is 26.3 Å². The van der Waals surface area contributed by atoms with Crippen molar-refractivity contribution in [2.24, 2.45) is 0 Å². The van der Waals surface area contributed by atoms with Gasteiger partial charge in [-0.3, -0.25) is 4.79 Å². The number of rotatable bonds is 5. The summed E-state index contributed by atoms with van der Waals surface area (Å²) in [5.41, 5.74) is -2.59. The van der Waals surface area contributed by atoms with Gasteiger partial charge in [-0.25, -0.2) is 18.2 Å². The smallest absolute Gasteiger partial charge is 0.421 e. The van der Waals surface area contributed by atoms with Gasteiger partial charge in [0.05, 0.1) is 29.4 Å². The molecule has 4 aromatic rings. The van der Waals surface area contributed by atoms with E-state index in [-0.39, 0.29) is 16.7 Å². The van der Waals surface area contributed by atoms with Crippen molar-refractivity contribution in [1.29, 1.82) is 0 Å². The lowest BCUT2D eigenvalue weighted by Gasteiger charge is -2.26. The van der Waals surface area contributed by atoms with E-state index >= 15 is 0 Å². The van der Waals surface area contributed by atoms with Crippen LogP contribution in [0.1, 0.15) is 24.1 Å². The van der Waals surface area contributed by atoms with Crippen molar-refractivity contribution >= 4 is 10.9 Å². The SMILES string of the molecule is CC(O)C(c1c(F)cc(F)cc1F)n1cnc(=O)c2cc(Oc3ncccc3C(F)(F)F)ccc21. The molecule has 0 fully saturated rings. The molecule has 4 rings (SSSR count). The number of alkyl halides is 3. The third-order valence-corrected chi connectivity index (χ3v) is 5.16. The molecular weight excluding hydrogens is 480 g/mol. The fourth-order valence-corrected chi connectivity index (χ4v) is 3.69. The van der Waals surface area contributed by atoms with Gasteiger partial charge >= 0.3 is 6.18 Å². The minimum absolute atomic E-state index is 0.0310. The number of pyridine rings is 1. The lowest BCUT2D eigenvalue weighted by atomic mass is 9.99. The third-order valence-electron chi connectivity index (χ3n) is 5.16. The molecule has 0 bridgehead atoms. The van der Waals surface area contributed by atoms with E-state index < -0.39 is 58.3 Å². The first-order valence-electron chi connectivity index (χ1n) is 10.0. The molecule has 2 atom stereocenters. The Kier molecular flexibility index (Phi) is 6.24. The topological polar surface area (TPSA) is 77.2 Å². The summed E-state index contributed by atoms with van der Waals surface area (Å²) in [6, 6.07) is 4.84. The fourth-order valence-electron chi connectivity index (χ4n) is 3.69. The average Bonchev–Trinajstić information content (AvgIpc) is 2.76. The average molecular weight is 495 g/mol. The molecule has 1 N–H and O–H groups in total. The summed E-state index contributed by atoms with van der Waals surface area (Å²) in [7, 11) is 0. The first-order valence-corrected chi connectivity index (χ1v) is 10.0. The zero-order valence-corrected chi connectivity index (χ0v) is 17.7. The van der Waals surface area contributed by atoms with E-state index in [0.717, 1.165) is 35.3 Å². The summed E-state index contributed by atoms with van der Waals surface area (Å²) in [6.07, 6.45) is -4.14. The molecule has 2 aromatic heterocycles. The standard InChI is InChI=1S/C23H15F6N3O3/c1-11(33)20(19-16(25)7-12(24)8-17(19)26)32-10-31-21(34)14-9-13(4-5-18(14)32)35-22-15(23(27,28)29)3-2-6-30-22/h2-11,20,33H,1H3. The van der Waals surface area contributed by atoms with Crippen LogP contribution in [0.3, 0.4) is 0 Å². The number of halogens is 6. The van der Waals surface area contributed by atoms with Gasteiger partial charge in [-0.15, -0.1) is 0 Å². The van der Waals surface area contributed by atoms with E-state index in [4.69, 9.17) is 4.74 Å². The number of hydrogen-bond acceptors (Lipinski definition) is 5. The Hall–Kier alpha value is -3.93. The van der Waals surface area contributed by atoms with Gasteiger partial charge < -0.3 is 14.4 Å². The molecule has 0 saturated carbocycles. The van der Waals surface area contributed by atoms with Crippen LogP contribution >= 0.6 is 0 Å². The van der Waals surface area contributed by atoms with Crippen molar-refractivity contribution in [3.8, 4) is 11.6 Å². The lowest BCUT2D eigenvalue weighted by Crippen LogP contribution is -2.27. The summed E-state index contributed by atoms with van der Waals surface area (Å²) in [5, 5.41) is 10.2. The Morgan fingerprint density at radius 2 is 1.71 bits per heavy atom. The van der Waals surface area contributed by atoms with E-state index in [1.165, 1.54) is 19.1 Å². The monoisotopic (exact) mass is 495 g/mol. The molecule has 35 heavy (non-hydrogen) atoms. The maximum Gasteiger partial charge on any atom is 0.421 e. The molecular formula is C23H15F6N3O3. The number of aromatic nitrogens is 3. The van der Waals surface area contributed by atoms with Crippen molar-refractivity contribution in [3.05, 3.63) is 93.9 Å². The molecule has 0 radical (unpaired) electrons. The minimum atomic E-state index is -4.75. The number of ether oxygens (including phenoxy) is 1. The van der Waals surface area contributed by atoms with Crippen LogP contribution < -0.4 is 10.3 Å². The van der Waals surface area contributed by atoms with E-state index in [9.17, 15) is 36.2 Å². The Balaban J connectivity index is 1.85. The van der Waals surface area contributed by atoms with E-state index in [1.807, 2.05) is 0 Å². The van der Waals surface area contributed by atoms with E-state index in [2.05, 4.69) is 9.97 Å². The van der Waals surface area contributed by atoms with Crippen molar-refractivity contribution < 1.29 is 36.2 Å². The molecule has 0 aliphatic carbocycles. The minimum Gasteiger partial charge on any atom is -0.438 e. The van der Waals surface area contributed by atoms with Gasteiger partial charge in [0.15, 0.2) is 0 Å². The lowest BCUT2D eigenvalue weighted by molar-refractivity contribution is -0.138. The molecule has 2 heterocycles. The highest BCUT2D eigenvalue weighted by Crippen LogP contribution is 2.37. The van der Waals surface area contributed by atoms with Crippen LogP contribution in [-0.4, -0.2) is 25.7 Å². The zero-order valence-electron chi connectivity index (χ0n) is 17.7. The maximum atomic E-state index is 14.5. The predicted octanol–water partition coefficient (Wildman–Crippen LogP) is 4.99. The highest BCUT2D eigenvalue weighted by molar-refractivity contribution is 5.80. The number of hydrogen-bond donors (Lipinski definition) is 1. The number of fused-ring (bicyclic) bond motifs is 1. The van der Waals surface area contributed by atoms with Gasteiger partial charge in [0.1, 0.15) is 28.8 Å². The van der Waals surface area contributed by atoms with Crippen LogP contribution in [0, 0.1) is 17.5 Å². The summed E-state index contributed by atoms with van der Waals surface area (Å²) in [5.74, 6) is -4.64. The molecule has 2 aromatic carbocycles. The van der Waals surface area contributed by atoms with Gasteiger partial charge in [-0.2, -0.15) is 18.2 Å². The zero-order chi connectivity index (χ0) is 25.5. The number of aliphatic hydroxyl groups excluding tert-OH is 1. The quantitative estimate of drug-likeness (QED) is 0.395. The predicted molar refractivity (Wildman–Crippen MR) is 111 cm³/mol. The van der Waals surface area contributed by atoms with Crippen LogP contribution in [-0.2, 0) is 6.18 Å². The Morgan fingerprint density at radius 3 is 2.34 bits per heavy atom. The molecule has 182 valence electrons. The van der Waals surface area contributed by atoms with E-state index in [1.54, 1.807) is 0 Å². The number of nitrogens with zero attached hydrogens (tertiary/aromatic N) is 3. The van der Waals surface area contributed by atoms with Gasteiger partial charge in [0, 0.05) is 23.9 Å². The Labute approximate surface area is 193 Å². The number of benzene rings is 2. The van der Waals surface area contributed by atoms with Crippen molar-refractivity contribution in [1.82, 2.24) is 14.5 Å². The molecule has 0 aliphatic heterocycles. The molecule has 12 heteroatoms. The Morgan fingerprint density at radius 1 is 1.03 bits per heavy atom. The first-order chi connectivity index (χ1) is 16.5. The van der Waals surface area contributed by atoms with Gasteiger partial charge in [0.2, 0.25) is 5.88 Å². The fraction of sp³-hybridized carbons (Fsp3) is 0.174. The molecule has 6 nitrogen and oxygen atoms in total. The normalized spacial score (nSPS) is 13.6. The first kappa shape index (κ1) is 24.2. The number of aliphatic hydroxyl groups is 1. The van der Waals surface area contributed by atoms with Crippen LogP contribution in [0.15, 0.2) is 59.8 Å².